The Morgan fingerprint density at radius 3 is 2.89 bits per heavy atom. The van der Waals surface area contributed by atoms with Crippen molar-refractivity contribution in [1.82, 2.24) is 20.1 Å². The molecule has 0 spiro atoms. The maximum absolute atomic E-state index is 12.9. The maximum atomic E-state index is 12.9. The molecule has 4 rings (SSSR count). The second-order valence-corrected chi connectivity index (χ2v) is 7.56. The largest absolute Gasteiger partial charge is 0.421 e. The normalized spacial score (nSPS) is 16.4. The highest BCUT2D eigenvalue weighted by molar-refractivity contribution is 7.08. The van der Waals surface area contributed by atoms with Crippen molar-refractivity contribution in [3.63, 3.8) is 0 Å². The van der Waals surface area contributed by atoms with Crippen LogP contribution in [0.25, 0.3) is 11.5 Å². The van der Waals surface area contributed by atoms with E-state index in [-0.39, 0.29) is 12.0 Å². The number of pyridine rings is 1. The van der Waals surface area contributed by atoms with Crippen LogP contribution in [-0.2, 0) is 22.5 Å². The van der Waals surface area contributed by atoms with Crippen LogP contribution < -0.4 is 0 Å². The van der Waals surface area contributed by atoms with E-state index in [4.69, 9.17) is 9.15 Å². The summed E-state index contributed by atoms with van der Waals surface area (Å²) in [6.07, 6.45) is 6.39. The van der Waals surface area contributed by atoms with Crippen LogP contribution in [0.4, 0.5) is 0 Å². The van der Waals surface area contributed by atoms with Crippen LogP contribution in [0.2, 0.25) is 0 Å². The van der Waals surface area contributed by atoms with E-state index >= 15 is 0 Å². The van der Waals surface area contributed by atoms with Crippen molar-refractivity contribution in [1.29, 1.82) is 0 Å². The topological polar surface area (TPSA) is 81.4 Å². The fourth-order valence-electron chi connectivity index (χ4n) is 3.23. The summed E-state index contributed by atoms with van der Waals surface area (Å²) in [6, 6.07) is 5.80. The molecule has 0 unspecified atom stereocenters. The quantitative estimate of drug-likeness (QED) is 0.579. The summed E-state index contributed by atoms with van der Waals surface area (Å²) in [7, 11) is 0. The van der Waals surface area contributed by atoms with Crippen LogP contribution in [0.5, 0.6) is 0 Å². The molecule has 1 amide bonds. The molecule has 0 bridgehead atoms. The molecular formula is C20H22N4O3S. The number of ether oxygens (including phenoxy) is 1. The lowest BCUT2D eigenvalue weighted by molar-refractivity contribution is -0.133. The Balaban J connectivity index is 1.38. The molecule has 3 aromatic rings. The minimum absolute atomic E-state index is 0.0580. The zero-order chi connectivity index (χ0) is 19.2. The standard InChI is InChI=1S/C20H22N4O3S/c25-19(4-3-18-22-23-20(27-18)16-7-11-28-14-16)24(13-17-2-1-10-26-17)12-15-5-8-21-9-6-15/h5-9,11,14,17H,1-4,10,12-13H2/t17-/m0/s1. The number of hydrogen-bond acceptors (Lipinski definition) is 7. The molecule has 3 aromatic heterocycles. The molecule has 7 nitrogen and oxygen atoms in total. The molecule has 0 N–H and O–H groups in total. The zero-order valence-electron chi connectivity index (χ0n) is 15.5. The highest BCUT2D eigenvalue weighted by Gasteiger charge is 2.23. The predicted octanol–water partition coefficient (Wildman–Crippen LogP) is 3.33. The van der Waals surface area contributed by atoms with Gasteiger partial charge in [-0.15, -0.1) is 10.2 Å². The minimum Gasteiger partial charge on any atom is -0.421 e. The van der Waals surface area contributed by atoms with Gasteiger partial charge in [-0.05, 0) is 42.0 Å². The average molecular weight is 398 g/mol. The van der Waals surface area contributed by atoms with Crippen LogP contribution in [-0.4, -0.2) is 45.2 Å². The summed E-state index contributed by atoms with van der Waals surface area (Å²) in [5, 5.41) is 12.1. The van der Waals surface area contributed by atoms with Gasteiger partial charge in [-0.2, -0.15) is 11.3 Å². The van der Waals surface area contributed by atoms with Gasteiger partial charge >= 0.3 is 0 Å². The Kier molecular flexibility index (Phi) is 6.08. The van der Waals surface area contributed by atoms with E-state index in [9.17, 15) is 4.79 Å². The third-order valence-corrected chi connectivity index (χ3v) is 5.39. The van der Waals surface area contributed by atoms with Crippen molar-refractivity contribution in [3.05, 3.63) is 52.8 Å². The van der Waals surface area contributed by atoms with Crippen molar-refractivity contribution < 1.29 is 13.9 Å². The molecule has 1 fully saturated rings. The molecule has 146 valence electrons. The Hall–Kier alpha value is -2.58. The summed E-state index contributed by atoms with van der Waals surface area (Å²) < 4.78 is 11.4. The highest BCUT2D eigenvalue weighted by atomic mass is 32.1. The summed E-state index contributed by atoms with van der Waals surface area (Å²) in [5.74, 6) is 1.04. The second-order valence-electron chi connectivity index (χ2n) is 6.78. The van der Waals surface area contributed by atoms with Gasteiger partial charge in [0.1, 0.15) is 0 Å². The molecule has 1 aliphatic rings. The van der Waals surface area contributed by atoms with Gasteiger partial charge in [-0.3, -0.25) is 9.78 Å². The molecule has 4 heterocycles. The SMILES string of the molecule is O=C(CCc1nnc(-c2ccsc2)o1)N(Cc1ccncc1)C[C@@H]1CCCO1. The number of nitrogens with zero attached hydrogens (tertiary/aromatic N) is 4. The number of aromatic nitrogens is 3. The van der Waals surface area contributed by atoms with Gasteiger partial charge in [0.25, 0.3) is 0 Å². The zero-order valence-corrected chi connectivity index (χ0v) is 16.3. The molecule has 0 aliphatic carbocycles. The molecular weight excluding hydrogens is 376 g/mol. The Morgan fingerprint density at radius 2 is 2.14 bits per heavy atom. The Labute approximate surface area is 167 Å². The van der Waals surface area contributed by atoms with Crippen molar-refractivity contribution in [2.45, 2.75) is 38.3 Å². The first-order valence-electron chi connectivity index (χ1n) is 9.41. The van der Waals surface area contributed by atoms with E-state index in [1.807, 2.05) is 33.9 Å². The summed E-state index contributed by atoms with van der Waals surface area (Å²) in [4.78, 5) is 18.8. The Morgan fingerprint density at radius 1 is 1.25 bits per heavy atom. The third kappa shape index (κ3) is 4.82. The van der Waals surface area contributed by atoms with E-state index in [1.165, 1.54) is 0 Å². The first-order valence-corrected chi connectivity index (χ1v) is 10.4. The molecule has 0 aromatic carbocycles. The van der Waals surface area contributed by atoms with E-state index in [1.54, 1.807) is 23.7 Å². The minimum atomic E-state index is 0.0580. The number of rotatable bonds is 8. The van der Waals surface area contributed by atoms with Crippen LogP contribution in [0.3, 0.4) is 0 Å². The summed E-state index contributed by atoms with van der Waals surface area (Å²) in [5.41, 5.74) is 1.96. The van der Waals surface area contributed by atoms with Crippen LogP contribution in [0.1, 0.15) is 30.7 Å². The Bertz CT molecular complexity index is 876. The number of thiophene rings is 1. The predicted molar refractivity (Wildman–Crippen MR) is 105 cm³/mol. The maximum Gasteiger partial charge on any atom is 0.248 e. The van der Waals surface area contributed by atoms with Crippen molar-refractivity contribution in [3.8, 4) is 11.5 Å². The molecule has 1 saturated heterocycles. The van der Waals surface area contributed by atoms with Gasteiger partial charge in [-0.25, -0.2) is 0 Å². The highest BCUT2D eigenvalue weighted by Crippen LogP contribution is 2.21. The molecule has 1 atom stereocenters. The third-order valence-electron chi connectivity index (χ3n) is 4.71. The van der Waals surface area contributed by atoms with Gasteiger partial charge < -0.3 is 14.1 Å². The smallest absolute Gasteiger partial charge is 0.248 e. The van der Waals surface area contributed by atoms with E-state index < -0.39 is 0 Å². The fraction of sp³-hybridized carbons (Fsp3) is 0.400. The summed E-state index contributed by atoms with van der Waals surface area (Å²) in [6.45, 7) is 1.92. The fourth-order valence-corrected chi connectivity index (χ4v) is 3.86. The number of hydrogen-bond donors (Lipinski definition) is 0. The number of amides is 1. The molecule has 28 heavy (non-hydrogen) atoms. The lowest BCUT2D eigenvalue weighted by Crippen LogP contribution is -2.37. The van der Waals surface area contributed by atoms with Gasteiger partial charge in [0.15, 0.2) is 0 Å². The number of aryl methyl sites for hydroxylation is 1. The van der Waals surface area contributed by atoms with E-state index in [2.05, 4.69) is 15.2 Å². The average Bonchev–Trinajstić information content (AvgIpc) is 3.48. The first-order chi connectivity index (χ1) is 13.8. The van der Waals surface area contributed by atoms with Gasteiger partial charge in [0.05, 0.1) is 6.10 Å². The molecule has 8 heteroatoms. The summed E-state index contributed by atoms with van der Waals surface area (Å²) >= 11 is 1.58. The van der Waals surface area contributed by atoms with Crippen LogP contribution in [0, 0.1) is 0 Å². The first kappa shape index (κ1) is 18.8. The lowest BCUT2D eigenvalue weighted by Gasteiger charge is -2.25. The monoisotopic (exact) mass is 398 g/mol. The van der Waals surface area contributed by atoms with Crippen molar-refractivity contribution in [2.24, 2.45) is 0 Å². The van der Waals surface area contributed by atoms with Crippen LogP contribution in [0.15, 0.2) is 45.8 Å². The van der Waals surface area contributed by atoms with Crippen molar-refractivity contribution in [2.75, 3.05) is 13.2 Å². The second kappa shape index (κ2) is 9.07. The van der Waals surface area contributed by atoms with Crippen LogP contribution >= 0.6 is 11.3 Å². The number of carbonyl (C=O) groups is 1. The van der Waals surface area contributed by atoms with Gasteiger partial charge in [0, 0.05) is 55.9 Å². The number of carbonyl (C=O) groups excluding carboxylic acids is 1. The van der Waals surface area contributed by atoms with E-state index in [0.29, 0.717) is 37.7 Å². The van der Waals surface area contributed by atoms with Gasteiger partial charge in [0.2, 0.25) is 17.7 Å². The molecule has 1 aliphatic heterocycles. The van der Waals surface area contributed by atoms with Gasteiger partial charge in [-0.1, -0.05) is 0 Å². The van der Waals surface area contributed by atoms with E-state index in [0.717, 1.165) is 30.6 Å². The molecule has 0 saturated carbocycles. The van der Waals surface area contributed by atoms with Crippen molar-refractivity contribution >= 4 is 17.2 Å². The molecule has 0 radical (unpaired) electrons. The lowest BCUT2D eigenvalue weighted by atomic mass is 10.1.